The van der Waals surface area contributed by atoms with Gasteiger partial charge in [-0.15, -0.1) is 4.52 Å². The van der Waals surface area contributed by atoms with Crippen molar-refractivity contribution in [3.05, 3.63) is 12.7 Å². The van der Waals surface area contributed by atoms with Crippen LogP contribution in [0.5, 0.6) is 0 Å². The Labute approximate surface area is 174 Å². The molecule has 0 saturated carbocycles. The van der Waals surface area contributed by atoms with Crippen molar-refractivity contribution in [3.8, 4) is 0 Å². The van der Waals surface area contributed by atoms with E-state index in [1.807, 2.05) is 0 Å². The maximum absolute atomic E-state index is 10.3. The number of nitrogen functional groups attached to an aromatic ring is 1. The van der Waals surface area contributed by atoms with E-state index < -0.39 is 55.5 Å². The van der Waals surface area contributed by atoms with Gasteiger partial charge in [-0.05, 0) is 0 Å². The smallest absolute Gasteiger partial charge is 0.387 e. The summed E-state index contributed by atoms with van der Waals surface area (Å²) in [5.74, 6) is 0.0671. The third kappa shape index (κ3) is 5.93. The van der Waals surface area contributed by atoms with Crippen LogP contribution in [0.25, 0.3) is 11.2 Å². The first-order valence-corrected chi connectivity index (χ1v) is 12.8. The molecule has 3 rings (SSSR count). The lowest BCUT2D eigenvalue weighted by Gasteiger charge is -2.16. The van der Waals surface area contributed by atoms with Crippen molar-refractivity contribution in [3.63, 3.8) is 0 Å². The number of nitrogens with zero attached hydrogens (tertiary/aromatic N) is 4. The molecule has 3 heterocycles. The summed E-state index contributed by atoms with van der Waals surface area (Å²) < 4.78 is 15.5. The van der Waals surface area contributed by atoms with E-state index in [2.05, 4.69) is 23.8 Å². The standard InChI is InChI=1S/C10H20N6O12P3/c11-8-5-9(13-2-12-8)16(3-14-5)10-7(18)6(17)4(27-10)1-26-31(24,25)28-30(22,23)15-29(19,20)21/h2-4,6-7,10,15,17-25H,1H2,(H2,11,12,13)/q+3/t4-,6-,7-,10-/m1/s1. The minimum atomic E-state index is -5.08. The van der Waals surface area contributed by atoms with Crippen molar-refractivity contribution < 1.29 is 58.0 Å². The van der Waals surface area contributed by atoms with Gasteiger partial charge in [0.15, 0.2) is 17.7 Å². The van der Waals surface area contributed by atoms with Gasteiger partial charge < -0.3 is 20.7 Å². The highest BCUT2D eigenvalue weighted by Gasteiger charge is 2.65. The number of aromatic nitrogens is 4. The highest BCUT2D eigenvalue weighted by atomic mass is 31.3. The van der Waals surface area contributed by atoms with E-state index in [1.165, 1.54) is 10.9 Å². The fourth-order valence-corrected chi connectivity index (χ4v) is 6.28. The van der Waals surface area contributed by atoms with Gasteiger partial charge in [0, 0.05) is 0 Å². The molecule has 0 amide bonds. The average Bonchev–Trinajstić information content (AvgIpc) is 3.13. The zero-order valence-corrected chi connectivity index (χ0v) is 17.8. The van der Waals surface area contributed by atoms with Gasteiger partial charge in [0.05, 0.1) is 15.5 Å². The quantitative estimate of drug-likeness (QED) is 0.155. The summed E-state index contributed by atoms with van der Waals surface area (Å²) in [5, 5.41) is 20.5. The van der Waals surface area contributed by atoms with Gasteiger partial charge in [0.25, 0.3) is 0 Å². The molecule has 1 fully saturated rings. The number of aliphatic hydroxyl groups is 2. The highest BCUT2D eigenvalue weighted by molar-refractivity contribution is 7.77. The van der Waals surface area contributed by atoms with Crippen LogP contribution >= 0.6 is 24.4 Å². The summed E-state index contributed by atoms with van der Waals surface area (Å²) in [6.45, 7) is -0.823. The van der Waals surface area contributed by atoms with Gasteiger partial charge in [0.1, 0.15) is 36.8 Å². The van der Waals surface area contributed by atoms with Crippen LogP contribution in [-0.2, 0) is 13.6 Å². The van der Waals surface area contributed by atoms with E-state index in [9.17, 15) is 29.8 Å². The van der Waals surface area contributed by atoms with E-state index in [0.29, 0.717) is 0 Å². The number of anilines is 1. The van der Waals surface area contributed by atoms with Crippen LogP contribution in [0.4, 0.5) is 5.82 Å². The van der Waals surface area contributed by atoms with Crippen LogP contribution in [0.15, 0.2) is 12.7 Å². The number of aliphatic hydroxyl groups excluding tert-OH is 2. The molecule has 0 aromatic carbocycles. The first-order valence-electron chi connectivity index (χ1n) is 8.05. The maximum atomic E-state index is 10.3. The number of nitrogens with one attached hydrogen (secondary N) is 1. The number of nitrogens with two attached hydrogens (primary N) is 1. The summed E-state index contributed by atoms with van der Waals surface area (Å²) in [7, 11) is -15.1. The number of fused-ring (bicyclic) bond motifs is 1. The molecule has 21 heteroatoms. The van der Waals surface area contributed by atoms with Crippen molar-refractivity contribution in [1.82, 2.24) is 24.4 Å². The molecule has 0 bridgehead atoms. The Morgan fingerprint density at radius 1 is 1.06 bits per heavy atom. The third-order valence-electron chi connectivity index (χ3n) is 3.89. The van der Waals surface area contributed by atoms with Crippen LogP contribution in [-0.4, -0.2) is 88.9 Å². The molecule has 1 saturated heterocycles. The van der Waals surface area contributed by atoms with E-state index in [0.717, 1.165) is 11.2 Å². The Bertz CT molecular complexity index is 926. The molecule has 1 aliphatic heterocycles. The number of rotatable bonds is 8. The molecule has 174 valence electrons. The van der Waals surface area contributed by atoms with Crippen LogP contribution in [0, 0.1) is 0 Å². The molecule has 31 heavy (non-hydrogen) atoms. The van der Waals surface area contributed by atoms with Gasteiger partial charge in [-0.2, -0.15) is 34.3 Å². The lowest BCUT2D eigenvalue weighted by Crippen LogP contribution is -2.34. The molecule has 0 aliphatic carbocycles. The molecular weight excluding hydrogens is 489 g/mol. The topological polar surface area (TPSA) is 291 Å². The van der Waals surface area contributed by atoms with Gasteiger partial charge in [-0.3, -0.25) is 4.57 Å². The van der Waals surface area contributed by atoms with Crippen molar-refractivity contribution in [2.24, 2.45) is 0 Å². The number of imidazole rings is 1. The number of hydrogen-bond acceptors (Lipinski definition) is 17. The van der Waals surface area contributed by atoms with E-state index >= 15 is 0 Å². The lowest BCUT2D eigenvalue weighted by molar-refractivity contribution is -0.0521. The van der Waals surface area contributed by atoms with Gasteiger partial charge in [0.2, 0.25) is 0 Å². The SMILES string of the molecule is Nc1ncnc2c1ncn2[C@@H]1O[C@H](CO[P+](O)(O)O[P+](O)(O)N[P+](O)(O)O)[C@@H](O)[C@H]1O. The first-order chi connectivity index (χ1) is 14.2. The molecular formula is C10H20N6O12P3+3. The van der Waals surface area contributed by atoms with Gasteiger partial charge in [-0.1, -0.05) is 0 Å². The fourth-order valence-electron chi connectivity index (χ4n) is 2.69. The number of hydrogen-bond donors (Lipinski definition) is 11. The maximum Gasteiger partial charge on any atom is 0.618 e. The summed E-state index contributed by atoms with van der Waals surface area (Å²) in [6, 6.07) is 0. The predicted octanol–water partition coefficient (Wildman–Crippen LogP) is -3.37. The second kappa shape index (κ2) is 8.81. The summed E-state index contributed by atoms with van der Waals surface area (Å²) in [4.78, 5) is 77.4. The van der Waals surface area contributed by atoms with E-state index in [4.69, 9.17) is 25.2 Å². The summed E-state index contributed by atoms with van der Waals surface area (Å²) in [5.41, 5.74) is 6.09. The molecule has 18 nitrogen and oxygen atoms in total. The Morgan fingerprint density at radius 3 is 2.39 bits per heavy atom. The summed E-state index contributed by atoms with van der Waals surface area (Å²) >= 11 is 0. The molecule has 2 aromatic heterocycles. The van der Waals surface area contributed by atoms with Crippen molar-refractivity contribution in [1.29, 1.82) is 0 Å². The van der Waals surface area contributed by atoms with Crippen LogP contribution in [0.3, 0.4) is 0 Å². The third-order valence-corrected chi connectivity index (χ3v) is 8.25. The second-order valence-corrected chi connectivity index (χ2v) is 11.1. The summed E-state index contributed by atoms with van der Waals surface area (Å²) in [6.07, 6.45) is -3.36. The Kier molecular flexibility index (Phi) is 7.04. The lowest BCUT2D eigenvalue weighted by atomic mass is 10.1. The van der Waals surface area contributed by atoms with Crippen LogP contribution in [0.1, 0.15) is 6.23 Å². The molecule has 2 aromatic rings. The Morgan fingerprint density at radius 2 is 1.74 bits per heavy atom. The normalized spacial score (nSPS) is 25.5. The second-order valence-electron chi connectivity index (χ2n) is 6.21. The Balaban J connectivity index is 1.67. The monoisotopic (exact) mass is 509 g/mol. The van der Waals surface area contributed by atoms with Gasteiger partial charge >= 0.3 is 24.4 Å². The Hall–Kier alpha value is -0.880. The molecule has 0 unspecified atom stereocenters. The average molecular weight is 509 g/mol. The first kappa shape index (κ1) is 24.8. The fraction of sp³-hybridized carbons (Fsp3) is 0.500. The molecule has 1 aliphatic rings. The zero-order chi connectivity index (χ0) is 23.2. The largest absolute Gasteiger partial charge is 0.618 e. The van der Waals surface area contributed by atoms with E-state index in [-0.39, 0.29) is 17.0 Å². The van der Waals surface area contributed by atoms with Crippen molar-refractivity contribution in [2.75, 3.05) is 12.3 Å². The molecule has 0 radical (unpaired) electrons. The molecule has 4 atom stereocenters. The predicted molar refractivity (Wildman–Crippen MR) is 102 cm³/mol. The molecule has 12 N–H and O–H groups in total. The highest BCUT2D eigenvalue weighted by Crippen LogP contribution is 2.70. The van der Waals surface area contributed by atoms with Crippen LogP contribution in [0.2, 0.25) is 0 Å². The van der Waals surface area contributed by atoms with Crippen LogP contribution < -0.4 is 10.6 Å². The van der Waals surface area contributed by atoms with Crippen molar-refractivity contribution >= 4 is 41.3 Å². The van der Waals surface area contributed by atoms with E-state index in [1.54, 1.807) is 0 Å². The minimum absolute atomic E-state index is 0.0671. The zero-order valence-electron chi connectivity index (χ0n) is 15.1. The minimum Gasteiger partial charge on any atom is -0.387 e. The number of ether oxygens (including phenoxy) is 1. The van der Waals surface area contributed by atoms with Crippen molar-refractivity contribution in [2.45, 2.75) is 24.5 Å². The van der Waals surface area contributed by atoms with Gasteiger partial charge in [-0.25, -0.2) is 15.0 Å². The molecule has 0 spiro atoms.